The molecule has 0 aromatic heterocycles. The fourth-order valence-corrected chi connectivity index (χ4v) is 3.93. The average molecular weight is 331 g/mol. The van der Waals surface area contributed by atoms with E-state index in [-0.39, 0.29) is 30.3 Å². The number of amides is 1. The van der Waals surface area contributed by atoms with Crippen molar-refractivity contribution < 1.29 is 13.6 Å². The summed E-state index contributed by atoms with van der Waals surface area (Å²) in [7, 11) is 0. The number of nitrogens with two attached hydrogens (primary N) is 1. The molecule has 0 saturated heterocycles. The van der Waals surface area contributed by atoms with Crippen LogP contribution in [-0.4, -0.2) is 18.5 Å². The first-order valence-corrected chi connectivity index (χ1v) is 7.53. The minimum atomic E-state index is -0.591. The van der Waals surface area contributed by atoms with Gasteiger partial charge in [-0.2, -0.15) is 0 Å². The molecule has 4 unspecified atom stereocenters. The second-order valence-corrected chi connectivity index (χ2v) is 6.26. The van der Waals surface area contributed by atoms with Crippen LogP contribution in [0.5, 0.6) is 0 Å². The summed E-state index contributed by atoms with van der Waals surface area (Å²) < 4.78 is 26.1. The topological polar surface area (TPSA) is 55.1 Å². The molecule has 2 fully saturated rings. The van der Waals surface area contributed by atoms with Gasteiger partial charge in [-0.3, -0.25) is 4.79 Å². The lowest BCUT2D eigenvalue weighted by Gasteiger charge is -2.27. The van der Waals surface area contributed by atoms with E-state index in [0.29, 0.717) is 30.4 Å². The maximum Gasteiger partial charge on any atom is 0.224 e. The Morgan fingerprint density at radius 3 is 2.41 bits per heavy atom. The molecule has 6 heteroatoms. The van der Waals surface area contributed by atoms with Crippen LogP contribution in [0.2, 0.25) is 0 Å². The van der Waals surface area contributed by atoms with E-state index >= 15 is 0 Å². The summed E-state index contributed by atoms with van der Waals surface area (Å²) in [6.07, 6.45) is 3.70. The highest BCUT2D eigenvalue weighted by Crippen LogP contribution is 2.47. The first-order chi connectivity index (χ1) is 10.0. The molecule has 3 nitrogen and oxygen atoms in total. The van der Waals surface area contributed by atoms with Gasteiger partial charge in [-0.25, -0.2) is 8.78 Å². The third kappa shape index (κ3) is 3.41. The molecule has 0 radical (unpaired) electrons. The highest BCUT2D eigenvalue weighted by Gasteiger charge is 2.48. The summed E-state index contributed by atoms with van der Waals surface area (Å²) in [5, 5.41) is 2.86. The van der Waals surface area contributed by atoms with Gasteiger partial charge in [-0.15, -0.1) is 12.4 Å². The molecule has 22 heavy (non-hydrogen) atoms. The average Bonchev–Trinajstić information content (AvgIpc) is 2.98. The Kier molecular flexibility index (Phi) is 5.40. The first kappa shape index (κ1) is 17.2. The lowest BCUT2D eigenvalue weighted by molar-refractivity contribution is -0.127. The lowest BCUT2D eigenvalue weighted by Crippen LogP contribution is -2.45. The normalized spacial score (nSPS) is 29.2. The van der Waals surface area contributed by atoms with Crippen LogP contribution in [0, 0.1) is 29.4 Å². The predicted octanol–water partition coefficient (Wildman–Crippen LogP) is 2.42. The van der Waals surface area contributed by atoms with Gasteiger partial charge < -0.3 is 11.1 Å². The standard InChI is InChI=1S/C16H20F2N2O.ClH/c17-12-5-9(6-13(18)8-12)3-4-20-16(21)14-10-1-2-11(7-10)15(14)19;/h5-6,8,10-11,14-15H,1-4,7,19H2,(H,20,21);1H. The first-order valence-electron chi connectivity index (χ1n) is 7.53. The summed E-state index contributed by atoms with van der Waals surface area (Å²) in [5.41, 5.74) is 6.67. The molecule has 1 aromatic carbocycles. The van der Waals surface area contributed by atoms with Gasteiger partial charge in [-0.1, -0.05) is 0 Å². The van der Waals surface area contributed by atoms with Crippen molar-refractivity contribution in [3.63, 3.8) is 0 Å². The SMILES string of the molecule is Cl.NC1C2CCC(C2)C1C(=O)NCCc1cc(F)cc(F)c1. The van der Waals surface area contributed by atoms with Crippen LogP contribution < -0.4 is 11.1 Å². The quantitative estimate of drug-likeness (QED) is 0.890. The smallest absolute Gasteiger partial charge is 0.224 e. The number of hydrogen-bond donors (Lipinski definition) is 2. The Balaban J connectivity index is 0.00000176. The van der Waals surface area contributed by atoms with Crippen LogP contribution in [0.15, 0.2) is 18.2 Å². The van der Waals surface area contributed by atoms with Gasteiger partial charge in [-0.05, 0) is 55.2 Å². The Morgan fingerprint density at radius 2 is 1.82 bits per heavy atom. The van der Waals surface area contributed by atoms with Gasteiger partial charge in [0.05, 0.1) is 5.92 Å². The molecular formula is C16H21ClF2N2O. The van der Waals surface area contributed by atoms with Crippen molar-refractivity contribution in [2.75, 3.05) is 6.54 Å². The molecule has 1 amide bonds. The van der Waals surface area contributed by atoms with Crippen LogP contribution in [0.3, 0.4) is 0 Å². The minimum absolute atomic E-state index is 0. The van der Waals surface area contributed by atoms with Gasteiger partial charge in [0.1, 0.15) is 11.6 Å². The third-order valence-electron chi connectivity index (χ3n) is 4.92. The van der Waals surface area contributed by atoms with E-state index in [4.69, 9.17) is 5.73 Å². The number of carbonyl (C=O) groups is 1. The molecule has 2 saturated carbocycles. The van der Waals surface area contributed by atoms with Gasteiger partial charge in [0.25, 0.3) is 0 Å². The number of nitrogens with one attached hydrogen (secondary N) is 1. The maximum atomic E-state index is 13.1. The number of fused-ring (bicyclic) bond motifs is 2. The Morgan fingerprint density at radius 1 is 1.18 bits per heavy atom. The highest BCUT2D eigenvalue weighted by molar-refractivity contribution is 5.85. The zero-order valence-corrected chi connectivity index (χ0v) is 13.0. The van der Waals surface area contributed by atoms with Crippen molar-refractivity contribution in [2.45, 2.75) is 31.7 Å². The molecule has 0 aliphatic heterocycles. The minimum Gasteiger partial charge on any atom is -0.355 e. The van der Waals surface area contributed by atoms with E-state index in [1.807, 2.05) is 0 Å². The Hall–Kier alpha value is -1.20. The van der Waals surface area contributed by atoms with E-state index in [1.54, 1.807) is 0 Å². The number of benzene rings is 1. The van der Waals surface area contributed by atoms with Crippen LogP contribution in [0.25, 0.3) is 0 Å². The van der Waals surface area contributed by atoms with Gasteiger partial charge in [0.15, 0.2) is 0 Å². The second kappa shape index (κ2) is 6.92. The number of rotatable bonds is 4. The molecule has 0 spiro atoms. The van der Waals surface area contributed by atoms with Crippen molar-refractivity contribution in [2.24, 2.45) is 23.5 Å². The molecule has 3 N–H and O–H groups in total. The molecule has 122 valence electrons. The molecule has 2 bridgehead atoms. The maximum absolute atomic E-state index is 13.1. The molecule has 0 heterocycles. The van der Waals surface area contributed by atoms with E-state index in [0.717, 1.165) is 25.3 Å². The molecule has 4 atom stereocenters. The van der Waals surface area contributed by atoms with E-state index in [9.17, 15) is 13.6 Å². The Labute approximate surface area is 135 Å². The molecule has 3 rings (SSSR count). The summed E-state index contributed by atoms with van der Waals surface area (Å²) in [6, 6.07) is 3.39. The highest BCUT2D eigenvalue weighted by atomic mass is 35.5. The van der Waals surface area contributed by atoms with Crippen LogP contribution in [-0.2, 0) is 11.2 Å². The zero-order chi connectivity index (χ0) is 15.0. The van der Waals surface area contributed by atoms with E-state index in [2.05, 4.69) is 5.32 Å². The van der Waals surface area contributed by atoms with E-state index in [1.165, 1.54) is 12.1 Å². The molecule has 2 aliphatic carbocycles. The molecular weight excluding hydrogens is 310 g/mol. The third-order valence-corrected chi connectivity index (χ3v) is 4.92. The summed E-state index contributed by atoms with van der Waals surface area (Å²) in [4.78, 5) is 12.2. The zero-order valence-electron chi connectivity index (χ0n) is 12.2. The van der Waals surface area contributed by atoms with E-state index < -0.39 is 11.6 Å². The fourth-order valence-electron chi connectivity index (χ4n) is 3.93. The van der Waals surface area contributed by atoms with Crippen LogP contribution >= 0.6 is 12.4 Å². The summed E-state index contributed by atoms with van der Waals surface area (Å²) in [5.74, 6) is -0.378. The number of hydrogen-bond acceptors (Lipinski definition) is 2. The van der Waals surface area contributed by atoms with Gasteiger partial charge in [0, 0.05) is 18.7 Å². The van der Waals surface area contributed by atoms with Crippen LogP contribution in [0.4, 0.5) is 8.78 Å². The second-order valence-electron chi connectivity index (χ2n) is 6.26. The predicted molar refractivity (Wildman–Crippen MR) is 82.6 cm³/mol. The fraction of sp³-hybridized carbons (Fsp3) is 0.562. The lowest BCUT2D eigenvalue weighted by atomic mass is 9.84. The Bertz CT molecular complexity index is 533. The van der Waals surface area contributed by atoms with Crippen molar-refractivity contribution in [3.8, 4) is 0 Å². The number of carbonyl (C=O) groups excluding carboxylic acids is 1. The van der Waals surface area contributed by atoms with Crippen LogP contribution in [0.1, 0.15) is 24.8 Å². The summed E-state index contributed by atoms with van der Waals surface area (Å²) in [6.45, 7) is 0.377. The molecule has 2 aliphatic rings. The molecule has 1 aromatic rings. The monoisotopic (exact) mass is 330 g/mol. The summed E-state index contributed by atoms with van der Waals surface area (Å²) >= 11 is 0. The van der Waals surface area contributed by atoms with Gasteiger partial charge >= 0.3 is 0 Å². The van der Waals surface area contributed by atoms with Crippen molar-refractivity contribution in [3.05, 3.63) is 35.4 Å². The van der Waals surface area contributed by atoms with Crippen molar-refractivity contribution >= 4 is 18.3 Å². The number of halogens is 3. The van der Waals surface area contributed by atoms with Crippen molar-refractivity contribution in [1.29, 1.82) is 0 Å². The van der Waals surface area contributed by atoms with Gasteiger partial charge in [0.2, 0.25) is 5.91 Å². The largest absolute Gasteiger partial charge is 0.355 e. The van der Waals surface area contributed by atoms with Crippen molar-refractivity contribution in [1.82, 2.24) is 5.32 Å².